The van der Waals surface area contributed by atoms with Gasteiger partial charge in [-0.25, -0.2) is 0 Å². The highest BCUT2D eigenvalue weighted by Gasteiger charge is 2.34. The molecule has 0 radical (unpaired) electrons. The van der Waals surface area contributed by atoms with Crippen molar-refractivity contribution in [1.82, 2.24) is 4.90 Å². The van der Waals surface area contributed by atoms with Crippen molar-refractivity contribution >= 4 is 33.0 Å². The van der Waals surface area contributed by atoms with Crippen LogP contribution < -0.4 is 0 Å². The molecule has 0 N–H and O–H groups in total. The van der Waals surface area contributed by atoms with Gasteiger partial charge in [0.1, 0.15) is 0 Å². The van der Waals surface area contributed by atoms with Crippen LogP contribution in [-0.4, -0.2) is 37.0 Å². The SMILES string of the molecule is Clc1c(CN2CCCCC2C2OCCO2)sc2ccccc12. The summed E-state index contributed by atoms with van der Waals surface area (Å²) in [5, 5.41) is 2.09. The number of likely N-dealkylation sites (tertiary alicyclic amines) is 1. The molecule has 1 aromatic carbocycles. The molecule has 2 fully saturated rings. The molecule has 2 aliphatic heterocycles. The Morgan fingerprint density at radius 2 is 2.00 bits per heavy atom. The van der Waals surface area contributed by atoms with Crippen LogP contribution in [0.4, 0.5) is 0 Å². The monoisotopic (exact) mass is 337 g/mol. The molecule has 3 nitrogen and oxygen atoms in total. The standard InChI is InChI=1S/C17H20ClNO2S/c18-16-12-5-1-2-7-14(12)22-15(16)11-19-8-4-3-6-13(19)17-20-9-10-21-17/h1-2,5,7,13,17H,3-4,6,8-11H2. The number of nitrogens with zero attached hydrogens (tertiary/aromatic N) is 1. The molecule has 5 heteroatoms. The van der Waals surface area contributed by atoms with Crippen LogP contribution in [0.2, 0.25) is 5.02 Å². The molecule has 4 rings (SSSR count). The minimum absolute atomic E-state index is 0.0616. The molecule has 0 aliphatic carbocycles. The maximum absolute atomic E-state index is 6.61. The van der Waals surface area contributed by atoms with Gasteiger partial charge in [-0.1, -0.05) is 36.2 Å². The Balaban J connectivity index is 1.58. The summed E-state index contributed by atoms with van der Waals surface area (Å²) < 4.78 is 12.8. The van der Waals surface area contributed by atoms with Gasteiger partial charge in [-0.15, -0.1) is 11.3 Å². The van der Waals surface area contributed by atoms with E-state index < -0.39 is 0 Å². The molecule has 0 spiro atoms. The highest BCUT2D eigenvalue weighted by Crippen LogP contribution is 2.37. The Bertz CT molecular complexity index is 653. The summed E-state index contributed by atoms with van der Waals surface area (Å²) in [7, 11) is 0. The van der Waals surface area contributed by atoms with Crippen molar-refractivity contribution in [3.05, 3.63) is 34.2 Å². The van der Waals surface area contributed by atoms with Crippen molar-refractivity contribution in [2.24, 2.45) is 0 Å². The van der Waals surface area contributed by atoms with Crippen LogP contribution in [0.25, 0.3) is 10.1 Å². The predicted molar refractivity (Wildman–Crippen MR) is 90.6 cm³/mol. The lowest BCUT2D eigenvalue weighted by atomic mass is 10.0. The molecule has 3 heterocycles. The molecule has 1 atom stereocenters. The summed E-state index contributed by atoms with van der Waals surface area (Å²) in [4.78, 5) is 3.75. The van der Waals surface area contributed by atoms with Crippen molar-refractivity contribution < 1.29 is 9.47 Å². The van der Waals surface area contributed by atoms with Gasteiger partial charge in [0, 0.05) is 21.5 Å². The van der Waals surface area contributed by atoms with E-state index >= 15 is 0 Å². The van der Waals surface area contributed by atoms with Crippen LogP contribution in [0.3, 0.4) is 0 Å². The Morgan fingerprint density at radius 3 is 2.82 bits per heavy atom. The summed E-state index contributed by atoms with van der Waals surface area (Å²) in [6, 6.07) is 8.73. The zero-order valence-corrected chi connectivity index (χ0v) is 14.0. The molecule has 0 saturated carbocycles. The number of hydrogen-bond acceptors (Lipinski definition) is 4. The van der Waals surface area contributed by atoms with Crippen molar-refractivity contribution in [1.29, 1.82) is 0 Å². The van der Waals surface area contributed by atoms with Gasteiger partial charge in [-0.05, 0) is 25.5 Å². The normalized spacial score (nSPS) is 24.3. The molecule has 2 aromatic rings. The van der Waals surface area contributed by atoms with Crippen LogP contribution in [-0.2, 0) is 16.0 Å². The molecule has 2 aliphatic rings. The first-order chi connectivity index (χ1) is 10.8. The average molecular weight is 338 g/mol. The first-order valence-electron chi connectivity index (χ1n) is 7.96. The number of hydrogen-bond donors (Lipinski definition) is 0. The average Bonchev–Trinajstić information content (AvgIpc) is 3.18. The Hall–Kier alpha value is -0.650. The summed E-state index contributed by atoms with van der Waals surface area (Å²) in [6.07, 6.45) is 3.58. The Morgan fingerprint density at radius 1 is 1.18 bits per heavy atom. The van der Waals surface area contributed by atoms with E-state index in [0.717, 1.165) is 37.7 Å². The number of rotatable bonds is 3. The van der Waals surface area contributed by atoms with Crippen molar-refractivity contribution in [3.8, 4) is 0 Å². The number of piperidine rings is 1. The molecule has 0 bridgehead atoms. The van der Waals surface area contributed by atoms with Gasteiger partial charge in [-0.3, -0.25) is 4.90 Å². The van der Waals surface area contributed by atoms with Gasteiger partial charge < -0.3 is 9.47 Å². The van der Waals surface area contributed by atoms with Gasteiger partial charge in [0.05, 0.1) is 24.3 Å². The lowest BCUT2D eigenvalue weighted by Gasteiger charge is -2.37. The topological polar surface area (TPSA) is 21.7 Å². The van der Waals surface area contributed by atoms with E-state index in [1.54, 1.807) is 11.3 Å². The summed E-state index contributed by atoms with van der Waals surface area (Å²) in [6.45, 7) is 3.43. The van der Waals surface area contributed by atoms with Crippen LogP contribution in [0.5, 0.6) is 0 Å². The van der Waals surface area contributed by atoms with Crippen molar-refractivity contribution in [2.45, 2.75) is 38.1 Å². The number of thiophene rings is 1. The lowest BCUT2D eigenvalue weighted by molar-refractivity contribution is -0.111. The van der Waals surface area contributed by atoms with Gasteiger partial charge in [0.15, 0.2) is 6.29 Å². The third-order valence-electron chi connectivity index (χ3n) is 4.57. The number of benzene rings is 1. The quantitative estimate of drug-likeness (QED) is 0.834. The predicted octanol–water partition coefficient (Wildman–Crippen LogP) is 4.28. The first kappa shape index (κ1) is 14.9. The largest absolute Gasteiger partial charge is 0.349 e. The minimum atomic E-state index is -0.0616. The molecule has 1 aromatic heterocycles. The third-order valence-corrected chi connectivity index (χ3v) is 6.27. The number of fused-ring (bicyclic) bond motifs is 1. The van der Waals surface area contributed by atoms with E-state index in [1.165, 1.54) is 27.8 Å². The molecular weight excluding hydrogens is 318 g/mol. The number of ether oxygens (including phenoxy) is 2. The fraction of sp³-hybridized carbons (Fsp3) is 0.529. The van der Waals surface area contributed by atoms with Crippen LogP contribution in [0.1, 0.15) is 24.1 Å². The minimum Gasteiger partial charge on any atom is -0.349 e. The molecule has 2 saturated heterocycles. The summed E-state index contributed by atoms with van der Waals surface area (Å²) in [5.41, 5.74) is 0. The maximum atomic E-state index is 6.61. The summed E-state index contributed by atoms with van der Waals surface area (Å²) in [5.74, 6) is 0. The fourth-order valence-electron chi connectivity index (χ4n) is 3.47. The van der Waals surface area contributed by atoms with E-state index in [4.69, 9.17) is 21.1 Å². The van der Waals surface area contributed by atoms with E-state index in [-0.39, 0.29) is 6.29 Å². The van der Waals surface area contributed by atoms with E-state index in [9.17, 15) is 0 Å². The van der Waals surface area contributed by atoms with Crippen molar-refractivity contribution in [2.75, 3.05) is 19.8 Å². The van der Waals surface area contributed by atoms with Crippen LogP contribution >= 0.6 is 22.9 Å². The zero-order chi connectivity index (χ0) is 14.9. The first-order valence-corrected chi connectivity index (χ1v) is 9.15. The highest BCUT2D eigenvalue weighted by atomic mass is 35.5. The second-order valence-corrected chi connectivity index (χ2v) is 7.49. The molecular formula is C17H20ClNO2S. The summed E-state index contributed by atoms with van der Waals surface area (Å²) >= 11 is 8.41. The maximum Gasteiger partial charge on any atom is 0.173 e. The lowest BCUT2D eigenvalue weighted by Crippen LogP contribution is -2.46. The molecule has 118 valence electrons. The highest BCUT2D eigenvalue weighted by molar-refractivity contribution is 7.19. The van der Waals surface area contributed by atoms with Gasteiger partial charge in [0.25, 0.3) is 0 Å². The van der Waals surface area contributed by atoms with Crippen LogP contribution in [0.15, 0.2) is 24.3 Å². The van der Waals surface area contributed by atoms with E-state index in [2.05, 4.69) is 29.2 Å². The molecule has 1 unspecified atom stereocenters. The molecule has 0 amide bonds. The third kappa shape index (κ3) is 2.79. The van der Waals surface area contributed by atoms with Gasteiger partial charge >= 0.3 is 0 Å². The Kier molecular flexibility index (Phi) is 4.38. The second kappa shape index (κ2) is 6.46. The number of halogens is 1. The van der Waals surface area contributed by atoms with Crippen molar-refractivity contribution in [3.63, 3.8) is 0 Å². The Labute approximate surface area is 139 Å². The van der Waals surface area contributed by atoms with E-state index in [0.29, 0.717) is 6.04 Å². The fourth-order valence-corrected chi connectivity index (χ4v) is 4.99. The van der Waals surface area contributed by atoms with E-state index in [1.807, 2.05) is 0 Å². The van der Waals surface area contributed by atoms with Gasteiger partial charge in [0.2, 0.25) is 0 Å². The van der Waals surface area contributed by atoms with Crippen LogP contribution in [0, 0.1) is 0 Å². The smallest absolute Gasteiger partial charge is 0.173 e. The molecule has 22 heavy (non-hydrogen) atoms. The second-order valence-electron chi connectivity index (χ2n) is 5.98. The van der Waals surface area contributed by atoms with Gasteiger partial charge in [-0.2, -0.15) is 0 Å². The zero-order valence-electron chi connectivity index (χ0n) is 12.5.